The number of halogens is 2. The van der Waals surface area contributed by atoms with Crippen LogP contribution in [0.5, 0.6) is 11.5 Å². The van der Waals surface area contributed by atoms with Crippen molar-refractivity contribution in [2.45, 2.75) is 13.2 Å². The Morgan fingerprint density at radius 2 is 1.53 bits per heavy atom. The summed E-state index contributed by atoms with van der Waals surface area (Å²) >= 11 is 13.4. The van der Waals surface area contributed by atoms with E-state index in [2.05, 4.69) is 37.2 Å². The van der Waals surface area contributed by atoms with E-state index in [4.69, 9.17) is 21.7 Å². The summed E-state index contributed by atoms with van der Waals surface area (Å²) in [4.78, 5) is 12.7. The van der Waals surface area contributed by atoms with Crippen molar-refractivity contribution < 1.29 is 14.3 Å². The first kappa shape index (κ1) is 23.0. The molecule has 8 heteroatoms. The molecule has 1 saturated heterocycles. The molecule has 0 saturated carbocycles. The molecule has 4 rings (SSSR count). The van der Waals surface area contributed by atoms with Gasteiger partial charge in [0.1, 0.15) is 29.0 Å². The zero-order valence-electron chi connectivity index (χ0n) is 16.6. The molecule has 0 aliphatic carbocycles. The maximum atomic E-state index is 12.2. The van der Waals surface area contributed by atoms with E-state index in [9.17, 15) is 4.79 Å². The third-order valence-electron chi connectivity index (χ3n) is 4.60. The van der Waals surface area contributed by atoms with Crippen molar-refractivity contribution in [3.63, 3.8) is 0 Å². The van der Waals surface area contributed by atoms with Crippen molar-refractivity contribution in [3.8, 4) is 11.5 Å². The molecule has 0 atom stereocenters. The largest absolute Gasteiger partial charge is 0.489 e. The van der Waals surface area contributed by atoms with Crippen LogP contribution in [0.25, 0.3) is 6.08 Å². The summed E-state index contributed by atoms with van der Waals surface area (Å²) in [6.07, 6.45) is 1.78. The second-order valence-electron chi connectivity index (χ2n) is 6.81. The number of benzene rings is 3. The standard InChI is InChI=1S/C24H17Br2NO3S2/c25-19-7-3-1-5-15(19)13-29-18-9-10-21(30-14-16-6-2-4-8-20(16)26)17(11-18)12-22-23(28)27-24(31)32-22/h1-12H,13-14H2,(H,27,28,31). The molecule has 32 heavy (non-hydrogen) atoms. The molecule has 0 spiro atoms. The number of hydrogen-bond acceptors (Lipinski definition) is 5. The zero-order valence-corrected chi connectivity index (χ0v) is 21.4. The maximum absolute atomic E-state index is 12.2. The second kappa shape index (κ2) is 10.7. The maximum Gasteiger partial charge on any atom is 0.263 e. The van der Waals surface area contributed by atoms with Crippen LogP contribution in [0.4, 0.5) is 0 Å². The number of carbonyl (C=O) groups excluding carboxylic acids is 1. The zero-order chi connectivity index (χ0) is 22.5. The van der Waals surface area contributed by atoms with E-state index in [1.54, 1.807) is 6.08 Å². The molecular formula is C24H17Br2NO3S2. The second-order valence-corrected chi connectivity index (χ2v) is 10.2. The van der Waals surface area contributed by atoms with Crippen LogP contribution in [0.2, 0.25) is 0 Å². The van der Waals surface area contributed by atoms with Crippen LogP contribution in [0.3, 0.4) is 0 Å². The Morgan fingerprint density at radius 3 is 2.12 bits per heavy atom. The molecule has 4 nitrogen and oxygen atoms in total. The summed E-state index contributed by atoms with van der Waals surface area (Å²) in [7, 11) is 0. The third-order valence-corrected chi connectivity index (χ3v) is 7.31. The Balaban J connectivity index is 1.59. The topological polar surface area (TPSA) is 47.6 Å². The number of thiocarbonyl (C=S) groups is 1. The van der Waals surface area contributed by atoms with Crippen molar-refractivity contribution in [2.24, 2.45) is 0 Å². The fourth-order valence-electron chi connectivity index (χ4n) is 2.97. The molecule has 0 bridgehead atoms. The lowest BCUT2D eigenvalue weighted by Crippen LogP contribution is -2.17. The van der Waals surface area contributed by atoms with Gasteiger partial charge in [0.25, 0.3) is 5.91 Å². The lowest BCUT2D eigenvalue weighted by atomic mass is 10.1. The number of ether oxygens (including phenoxy) is 2. The minimum absolute atomic E-state index is 0.212. The fraction of sp³-hybridized carbons (Fsp3) is 0.0833. The van der Waals surface area contributed by atoms with Crippen LogP contribution in [0, 0.1) is 0 Å². The van der Waals surface area contributed by atoms with Gasteiger partial charge in [-0.15, -0.1) is 0 Å². The Kier molecular flexibility index (Phi) is 7.67. The highest BCUT2D eigenvalue weighted by Crippen LogP contribution is 2.33. The van der Waals surface area contributed by atoms with Gasteiger partial charge in [0.2, 0.25) is 0 Å². The average Bonchev–Trinajstić information content (AvgIpc) is 3.10. The third kappa shape index (κ3) is 5.81. The van der Waals surface area contributed by atoms with Gasteiger partial charge in [0.15, 0.2) is 0 Å². The van der Waals surface area contributed by atoms with Crippen molar-refractivity contribution in [3.05, 3.63) is 97.3 Å². The van der Waals surface area contributed by atoms with E-state index >= 15 is 0 Å². The quantitative estimate of drug-likeness (QED) is 0.241. The van der Waals surface area contributed by atoms with E-state index < -0.39 is 0 Å². The van der Waals surface area contributed by atoms with Gasteiger partial charge >= 0.3 is 0 Å². The monoisotopic (exact) mass is 589 g/mol. The molecule has 162 valence electrons. The summed E-state index contributed by atoms with van der Waals surface area (Å²) in [6.45, 7) is 0.792. The molecule has 1 aliphatic heterocycles. The van der Waals surface area contributed by atoms with Crippen LogP contribution in [0.1, 0.15) is 16.7 Å². The number of amides is 1. The van der Waals surface area contributed by atoms with Crippen LogP contribution >= 0.6 is 55.8 Å². The normalized spacial score (nSPS) is 14.5. The van der Waals surface area contributed by atoms with Crippen LogP contribution < -0.4 is 14.8 Å². The van der Waals surface area contributed by atoms with Crippen molar-refractivity contribution in [1.29, 1.82) is 0 Å². The summed E-state index contributed by atoms with van der Waals surface area (Å²) < 4.78 is 14.5. The highest BCUT2D eigenvalue weighted by Gasteiger charge is 2.22. The minimum Gasteiger partial charge on any atom is -0.489 e. The van der Waals surface area contributed by atoms with E-state index in [1.807, 2.05) is 66.7 Å². The van der Waals surface area contributed by atoms with Gasteiger partial charge in [0.05, 0.1) is 4.91 Å². The van der Waals surface area contributed by atoms with Gasteiger partial charge in [-0.05, 0) is 36.4 Å². The van der Waals surface area contributed by atoms with Crippen LogP contribution in [-0.4, -0.2) is 10.2 Å². The van der Waals surface area contributed by atoms with Gasteiger partial charge < -0.3 is 14.8 Å². The minimum atomic E-state index is -0.212. The van der Waals surface area contributed by atoms with Gasteiger partial charge in [-0.3, -0.25) is 4.79 Å². The first-order chi connectivity index (χ1) is 15.5. The predicted molar refractivity (Wildman–Crippen MR) is 140 cm³/mol. The summed E-state index contributed by atoms with van der Waals surface area (Å²) in [5, 5.41) is 2.64. The van der Waals surface area contributed by atoms with Crippen LogP contribution in [-0.2, 0) is 18.0 Å². The number of carbonyl (C=O) groups is 1. The highest BCUT2D eigenvalue weighted by molar-refractivity contribution is 9.10. The molecule has 1 fully saturated rings. The van der Waals surface area contributed by atoms with Crippen molar-refractivity contribution >= 4 is 72.1 Å². The van der Waals surface area contributed by atoms with Gasteiger partial charge in [0, 0.05) is 25.6 Å². The van der Waals surface area contributed by atoms with Crippen LogP contribution in [0.15, 0.2) is 80.6 Å². The average molecular weight is 591 g/mol. The van der Waals surface area contributed by atoms with Gasteiger partial charge in [-0.1, -0.05) is 92.2 Å². The summed E-state index contributed by atoms with van der Waals surface area (Å²) in [5.74, 6) is 1.11. The summed E-state index contributed by atoms with van der Waals surface area (Å²) in [5.41, 5.74) is 2.80. The smallest absolute Gasteiger partial charge is 0.263 e. The molecule has 1 aliphatic rings. The highest BCUT2D eigenvalue weighted by atomic mass is 79.9. The van der Waals surface area contributed by atoms with E-state index in [1.165, 1.54) is 11.8 Å². The molecule has 0 radical (unpaired) electrons. The molecule has 0 aromatic heterocycles. The molecule has 1 amide bonds. The molecule has 3 aromatic carbocycles. The molecule has 1 heterocycles. The lowest BCUT2D eigenvalue weighted by molar-refractivity contribution is -0.115. The van der Waals surface area contributed by atoms with Crippen molar-refractivity contribution in [1.82, 2.24) is 5.32 Å². The SMILES string of the molecule is O=C1NC(=S)SC1=Cc1cc(OCc2ccccc2Br)ccc1OCc1ccccc1Br. The molecular weight excluding hydrogens is 574 g/mol. The van der Waals surface area contributed by atoms with Gasteiger partial charge in [-0.2, -0.15) is 0 Å². The molecule has 3 aromatic rings. The fourth-order valence-corrected chi connectivity index (χ4v) is 4.80. The predicted octanol–water partition coefficient (Wildman–Crippen LogP) is 6.86. The summed E-state index contributed by atoms with van der Waals surface area (Å²) in [6, 6.07) is 21.4. The van der Waals surface area contributed by atoms with Crippen molar-refractivity contribution in [2.75, 3.05) is 0 Å². The van der Waals surface area contributed by atoms with E-state index in [0.717, 1.165) is 25.6 Å². The first-order valence-corrected chi connectivity index (χ1v) is 12.4. The first-order valence-electron chi connectivity index (χ1n) is 9.61. The molecule has 1 N–H and O–H groups in total. The Bertz CT molecular complexity index is 1210. The van der Waals surface area contributed by atoms with Gasteiger partial charge in [-0.25, -0.2) is 0 Å². The Hall–Kier alpha value is -2.13. The van der Waals surface area contributed by atoms with E-state index in [0.29, 0.717) is 33.9 Å². The number of nitrogens with one attached hydrogen (secondary N) is 1. The number of thioether (sulfide) groups is 1. The number of rotatable bonds is 7. The Morgan fingerprint density at radius 1 is 0.906 bits per heavy atom. The lowest BCUT2D eigenvalue weighted by Gasteiger charge is -2.13. The molecule has 0 unspecified atom stereocenters. The number of hydrogen-bond donors (Lipinski definition) is 1. The Labute approximate surface area is 212 Å². The van der Waals surface area contributed by atoms with E-state index in [-0.39, 0.29) is 5.91 Å².